The molecule has 2 N–H and O–H groups in total. The van der Waals surface area contributed by atoms with Gasteiger partial charge in [0.1, 0.15) is 11.3 Å². The molecule has 1 aromatic rings. The number of pyridine rings is 1. The van der Waals surface area contributed by atoms with Gasteiger partial charge in [-0.15, -0.1) is 0 Å². The molecule has 1 rings (SSSR count). The number of carbonyl (C=O) groups is 2. The second kappa shape index (κ2) is 3.73. The minimum Gasteiger partial charge on any atom is -0.496 e. The van der Waals surface area contributed by atoms with Crippen LogP contribution in [0.15, 0.2) is 12.3 Å². The summed E-state index contributed by atoms with van der Waals surface area (Å²) < 4.78 is 4.71. The van der Waals surface area contributed by atoms with Crippen LogP contribution in [0.5, 0.6) is 5.75 Å². The van der Waals surface area contributed by atoms with Crippen LogP contribution in [0.2, 0.25) is 0 Å². The molecule has 1 aromatic heterocycles. The Hall–Kier alpha value is -2.11. The van der Waals surface area contributed by atoms with Crippen molar-refractivity contribution in [2.75, 3.05) is 7.11 Å². The number of methoxy groups -OCH3 is 1. The maximum absolute atomic E-state index is 10.6. The highest BCUT2D eigenvalue weighted by Gasteiger charge is 2.14. The molecule has 0 fully saturated rings. The standard InChI is InChI=1S/C8H7NO5/c1-14-6-2-5(8(12)13)9-3-4(6)7(10)11/h2-3H,1H3,(H,10,11)(H,12,13). The Kier molecular flexibility index (Phi) is 2.66. The molecule has 0 aliphatic carbocycles. The number of nitrogens with zero attached hydrogens (tertiary/aromatic N) is 1. The van der Waals surface area contributed by atoms with Gasteiger partial charge < -0.3 is 14.9 Å². The van der Waals surface area contributed by atoms with Crippen LogP contribution < -0.4 is 4.74 Å². The van der Waals surface area contributed by atoms with Gasteiger partial charge in [-0.2, -0.15) is 0 Å². The third-order valence-electron chi connectivity index (χ3n) is 1.54. The van der Waals surface area contributed by atoms with E-state index in [0.717, 1.165) is 12.3 Å². The Labute approximate surface area is 78.8 Å². The largest absolute Gasteiger partial charge is 0.496 e. The van der Waals surface area contributed by atoms with Crippen molar-refractivity contribution in [1.29, 1.82) is 0 Å². The van der Waals surface area contributed by atoms with Gasteiger partial charge in [-0.1, -0.05) is 0 Å². The van der Waals surface area contributed by atoms with Gasteiger partial charge in [0.2, 0.25) is 0 Å². The molecular formula is C8H7NO5. The van der Waals surface area contributed by atoms with Gasteiger partial charge in [0, 0.05) is 12.3 Å². The summed E-state index contributed by atoms with van der Waals surface area (Å²) in [5, 5.41) is 17.2. The van der Waals surface area contributed by atoms with Crippen molar-refractivity contribution >= 4 is 11.9 Å². The lowest BCUT2D eigenvalue weighted by Crippen LogP contribution is -2.06. The zero-order chi connectivity index (χ0) is 10.7. The highest BCUT2D eigenvalue weighted by atomic mass is 16.5. The quantitative estimate of drug-likeness (QED) is 0.731. The van der Waals surface area contributed by atoms with Crippen LogP contribution in [-0.2, 0) is 0 Å². The monoisotopic (exact) mass is 197 g/mol. The molecule has 0 bridgehead atoms. The molecule has 1 heterocycles. The van der Waals surface area contributed by atoms with Gasteiger partial charge in [0.25, 0.3) is 0 Å². The van der Waals surface area contributed by atoms with Crippen molar-refractivity contribution in [2.45, 2.75) is 0 Å². The fraction of sp³-hybridized carbons (Fsp3) is 0.125. The van der Waals surface area contributed by atoms with Crippen LogP contribution >= 0.6 is 0 Å². The van der Waals surface area contributed by atoms with E-state index in [0.29, 0.717) is 0 Å². The summed E-state index contributed by atoms with van der Waals surface area (Å²) in [6.07, 6.45) is 0.949. The average Bonchev–Trinajstić information content (AvgIpc) is 2.16. The zero-order valence-electron chi connectivity index (χ0n) is 7.22. The molecule has 0 amide bonds. The van der Waals surface area contributed by atoms with Crippen LogP contribution in [0.4, 0.5) is 0 Å². The summed E-state index contributed by atoms with van der Waals surface area (Å²) in [7, 11) is 1.26. The maximum Gasteiger partial charge on any atom is 0.354 e. The fourth-order valence-corrected chi connectivity index (χ4v) is 0.883. The maximum atomic E-state index is 10.6. The van der Waals surface area contributed by atoms with E-state index < -0.39 is 11.9 Å². The molecule has 0 saturated heterocycles. The lowest BCUT2D eigenvalue weighted by molar-refractivity contribution is 0.0672. The normalized spacial score (nSPS) is 9.50. The van der Waals surface area contributed by atoms with E-state index in [1.54, 1.807) is 0 Å². The second-order valence-electron chi connectivity index (χ2n) is 2.38. The molecule has 0 aliphatic heterocycles. The number of hydrogen-bond acceptors (Lipinski definition) is 4. The van der Waals surface area contributed by atoms with Crippen molar-refractivity contribution in [3.8, 4) is 5.75 Å². The van der Waals surface area contributed by atoms with Crippen molar-refractivity contribution < 1.29 is 24.5 Å². The molecule has 6 heteroatoms. The van der Waals surface area contributed by atoms with Gasteiger partial charge >= 0.3 is 11.9 Å². The van der Waals surface area contributed by atoms with E-state index in [-0.39, 0.29) is 17.0 Å². The minimum absolute atomic E-state index is 0.0232. The molecule has 74 valence electrons. The number of rotatable bonds is 3. The first kappa shape index (κ1) is 9.97. The Bertz CT molecular complexity index is 387. The van der Waals surface area contributed by atoms with Crippen LogP contribution in [0.25, 0.3) is 0 Å². The van der Waals surface area contributed by atoms with E-state index in [9.17, 15) is 9.59 Å². The van der Waals surface area contributed by atoms with Crippen molar-refractivity contribution in [3.63, 3.8) is 0 Å². The highest BCUT2D eigenvalue weighted by molar-refractivity contribution is 5.92. The number of carboxylic acid groups (broad SMARTS) is 2. The summed E-state index contributed by atoms with van der Waals surface area (Å²) in [6, 6.07) is 1.06. The summed E-state index contributed by atoms with van der Waals surface area (Å²) in [5.74, 6) is -2.48. The first-order valence-electron chi connectivity index (χ1n) is 3.57. The van der Waals surface area contributed by atoms with Gasteiger partial charge in [-0.25, -0.2) is 14.6 Å². The minimum atomic E-state index is -1.24. The van der Waals surface area contributed by atoms with E-state index in [2.05, 4.69) is 4.98 Å². The smallest absolute Gasteiger partial charge is 0.354 e. The van der Waals surface area contributed by atoms with Crippen LogP contribution in [-0.4, -0.2) is 34.2 Å². The van der Waals surface area contributed by atoms with Gasteiger partial charge in [-0.05, 0) is 0 Å². The summed E-state index contributed by atoms with van der Waals surface area (Å²) >= 11 is 0. The number of aromatic carboxylic acids is 2. The molecule has 0 aliphatic rings. The Balaban J connectivity index is 3.25. The van der Waals surface area contributed by atoms with Gasteiger partial charge in [0.05, 0.1) is 7.11 Å². The topological polar surface area (TPSA) is 96.7 Å². The lowest BCUT2D eigenvalue weighted by atomic mass is 10.2. The molecule has 0 spiro atoms. The number of hydrogen-bond donors (Lipinski definition) is 2. The summed E-state index contributed by atoms with van der Waals surface area (Å²) in [6.45, 7) is 0. The predicted molar refractivity (Wildman–Crippen MR) is 44.7 cm³/mol. The van der Waals surface area contributed by atoms with Gasteiger partial charge in [0.15, 0.2) is 5.69 Å². The molecule has 0 unspecified atom stereocenters. The van der Waals surface area contributed by atoms with Crippen molar-refractivity contribution in [3.05, 3.63) is 23.5 Å². The summed E-state index contributed by atoms with van der Waals surface area (Å²) in [4.78, 5) is 24.5. The van der Waals surface area contributed by atoms with E-state index in [4.69, 9.17) is 14.9 Å². The highest BCUT2D eigenvalue weighted by Crippen LogP contribution is 2.17. The zero-order valence-corrected chi connectivity index (χ0v) is 7.22. The Morgan fingerprint density at radius 2 is 2.00 bits per heavy atom. The van der Waals surface area contributed by atoms with E-state index in [1.165, 1.54) is 7.11 Å². The lowest BCUT2D eigenvalue weighted by Gasteiger charge is -2.04. The van der Waals surface area contributed by atoms with E-state index in [1.807, 2.05) is 0 Å². The van der Waals surface area contributed by atoms with Gasteiger partial charge in [-0.3, -0.25) is 0 Å². The van der Waals surface area contributed by atoms with Crippen molar-refractivity contribution in [2.24, 2.45) is 0 Å². The number of ether oxygens (including phenoxy) is 1. The third kappa shape index (κ3) is 1.79. The number of carboxylic acids is 2. The van der Waals surface area contributed by atoms with Crippen LogP contribution in [0.3, 0.4) is 0 Å². The predicted octanol–water partition coefficient (Wildman–Crippen LogP) is 0.487. The molecule has 0 aromatic carbocycles. The van der Waals surface area contributed by atoms with Crippen LogP contribution in [0.1, 0.15) is 20.8 Å². The first-order valence-corrected chi connectivity index (χ1v) is 3.57. The molecule has 14 heavy (non-hydrogen) atoms. The Morgan fingerprint density at radius 3 is 2.43 bits per heavy atom. The average molecular weight is 197 g/mol. The van der Waals surface area contributed by atoms with Crippen LogP contribution in [0, 0.1) is 0 Å². The molecule has 0 atom stereocenters. The Morgan fingerprint density at radius 1 is 1.36 bits per heavy atom. The number of aromatic nitrogens is 1. The molecular weight excluding hydrogens is 190 g/mol. The fourth-order valence-electron chi connectivity index (χ4n) is 0.883. The third-order valence-corrected chi connectivity index (χ3v) is 1.54. The van der Waals surface area contributed by atoms with Crippen molar-refractivity contribution in [1.82, 2.24) is 4.98 Å². The molecule has 6 nitrogen and oxygen atoms in total. The second-order valence-corrected chi connectivity index (χ2v) is 2.38. The molecule has 0 saturated carbocycles. The summed E-state index contributed by atoms with van der Waals surface area (Å²) in [5.41, 5.74) is -0.427. The first-order chi connectivity index (χ1) is 6.56. The molecule has 0 radical (unpaired) electrons. The van der Waals surface area contributed by atoms with E-state index >= 15 is 0 Å². The SMILES string of the molecule is COc1cc(C(=O)O)ncc1C(=O)O.